The van der Waals surface area contributed by atoms with Crippen LogP contribution in [0.1, 0.15) is 37.8 Å². The fourth-order valence-electron chi connectivity index (χ4n) is 3.14. The quantitative estimate of drug-likeness (QED) is 0.907. The van der Waals surface area contributed by atoms with Crippen LogP contribution >= 0.6 is 0 Å². The van der Waals surface area contributed by atoms with E-state index in [-0.39, 0.29) is 6.03 Å². The van der Waals surface area contributed by atoms with Crippen molar-refractivity contribution in [2.45, 2.75) is 44.7 Å². The van der Waals surface area contributed by atoms with Gasteiger partial charge in [-0.15, -0.1) is 0 Å². The van der Waals surface area contributed by atoms with E-state index in [4.69, 9.17) is 0 Å². The van der Waals surface area contributed by atoms with Gasteiger partial charge < -0.3 is 10.2 Å². The Hall–Kier alpha value is -2.36. The molecule has 4 heteroatoms. The van der Waals surface area contributed by atoms with Crippen molar-refractivity contribution in [1.29, 1.82) is 0 Å². The maximum Gasteiger partial charge on any atom is 0.322 e. The largest absolute Gasteiger partial charge is 0.322 e. The van der Waals surface area contributed by atoms with Crippen molar-refractivity contribution < 1.29 is 4.79 Å². The molecule has 2 amide bonds. The predicted molar refractivity (Wildman–Crippen MR) is 92.1 cm³/mol. The van der Waals surface area contributed by atoms with E-state index >= 15 is 0 Å². The molecule has 4 nitrogen and oxygen atoms in total. The second kappa shape index (κ2) is 7.77. The Kier molecular flexibility index (Phi) is 5.25. The number of nitrogens with one attached hydrogen (secondary N) is 1. The van der Waals surface area contributed by atoms with Gasteiger partial charge in [0.1, 0.15) is 0 Å². The zero-order valence-electron chi connectivity index (χ0n) is 13.3. The molecule has 1 N–H and O–H groups in total. The molecule has 2 aromatic rings. The minimum atomic E-state index is -0.0336. The van der Waals surface area contributed by atoms with Crippen LogP contribution in [-0.2, 0) is 6.54 Å². The third-order valence-electron chi connectivity index (χ3n) is 4.36. The number of hydrogen-bond donors (Lipinski definition) is 1. The van der Waals surface area contributed by atoms with Crippen LogP contribution in [0.3, 0.4) is 0 Å². The number of para-hydroxylation sites is 1. The summed E-state index contributed by atoms with van der Waals surface area (Å²) in [6.07, 6.45) is 7.60. The van der Waals surface area contributed by atoms with Crippen LogP contribution in [0.5, 0.6) is 0 Å². The van der Waals surface area contributed by atoms with Gasteiger partial charge in [-0.25, -0.2) is 4.79 Å². The third-order valence-corrected chi connectivity index (χ3v) is 4.36. The Morgan fingerprint density at radius 1 is 1.04 bits per heavy atom. The zero-order valence-corrected chi connectivity index (χ0v) is 13.3. The lowest BCUT2D eigenvalue weighted by atomic mass is 9.94. The van der Waals surface area contributed by atoms with Gasteiger partial charge in [0.05, 0.1) is 12.2 Å². The smallest absolute Gasteiger partial charge is 0.316 e. The minimum absolute atomic E-state index is 0.0336. The average Bonchev–Trinajstić information content (AvgIpc) is 2.62. The first-order valence-electron chi connectivity index (χ1n) is 8.35. The fraction of sp³-hybridized carbons (Fsp3) is 0.368. The lowest BCUT2D eigenvalue weighted by molar-refractivity contribution is 0.162. The van der Waals surface area contributed by atoms with Gasteiger partial charge in [-0.05, 0) is 37.1 Å². The molecular formula is C19H23N3O. The lowest BCUT2D eigenvalue weighted by Gasteiger charge is -2.34. The van der Waals surface area contributed by atoms with Crippen LogP contribution in [0.25, 0.3) is 0 Å². The van der Waals surface area contributed by atoms with E-state index in [2.05, 4.69) is 10.3 Å². The molecule has 0 bridgehead atoms. The topological polar surface area (TPSA) is 45.2 Å². The molecule has 1 aliphatic rings. The van der Waals surface area contributed by atoms with Crippen LogP contribution in [0.2, 0.25) is 0 Å². The summed E-state index contributed by atoms with van der Waals surface area (Å²) in [6.45, 7) is 0.560. The Morgan fingerprint density at radius 2 is 1.78 bits per heavy atom. The molecule has 0 atom stereocenters. The summed E-state index contributed by atoms with van der Waals surface area (Å²) >= 11 is 0. The molecule has 120 valence electrons. The molecule has 3 rings (SSSR count). The lowest BCUT2D eigenvalue weighted by Crippen LogP contribution is -2.43. The molecule has 1 fully saturated rings. The van der Waals surface area contributed by atoms with Crippen molar-refractivity contribution >= 4 is 11.7 Å². The molecule has 0 saturated heterocycles. The van der Waals surface area contributed by atoms with Gasteiger partial charge in [0.2, 0.25) is 0 Å². The first-order valence-corrected chi connectivity index (χ1v) is 8.35. The Bertz CT molecular complexity index is 609. The van der Waals surface area contributed by atoms with Crippen LogP contribution < -0.4 is 5.32 Å². The summed E-state index contributed by atoms with van der Waals surface area (Å²) < 4.78 is 0. The summed E-state index contributed by atoms with van der Waals surface area (Å²) in [4.78, 5) is 19.1. The number of carbonyl (C=O) groups is 1. The van der Waals surface area contributed by atoms with Crippen LogP contribution in [0, 0.1) is 0 Å². The first-order chi connectivity index (χ1) is 11.3. The Morgan fingerprint density at radius 3 is 2.48 bits per heavy atom. The van der Waals surface area contributed by atoms with E-state index in [1.807, 2.05) is 53.4 Å². The highest BCUT2D eigenvalue weighted by atomic mass is 16.2. The summed E-state index contributed by atoms with van der Waals surface area (Å²) in [6, 6.07) is 15.8. The van der Waals surface area contributed by atoms with Gasteiger partial charge in [0.15, 0.2) is 0 Å². The maximum atomic E-state index is 12.8. The van der Waals surface area contributed by atoms with Crippen molar-refractivity contribution in [2.24, 2.45) is 0 Å². The van der Waals surface area contributed by atoms with Crippen molar-refractivity contribution in [3.63, 3.8) is 0 Å². The number of aromatic nitrogens is 1. The van der Waals surface area contributed by atoms with Crippen LogP contribution in [0.4, 0.5) is 10.5 Å². The fourth-order valence-corrected chi connectivity index (χ4v) is 3.14. The van der Waals surface area contributed by atoms with Gasteiger partial charge >= 0.3 is 6.03 Å². The van der Waals surface area contributed by atoms with Crippen molar-refractivity contribution in [1.82, 2.24) is 9.88 Å². The predicted octanol–water partition coefficient (Wildman–Crippen LogP) is 4.45. The molecular weight excluding hydrogens is 286 g/mol. The summed E-state index contributed by atoms with van der Waals surface area (Å²) in [5, 5.41) is 3.02. The molecule has 0 radical (unpaired) electrons. The number of hydrogen-bond acceptors (Lipinski definition) is 2. The maximum absolute atomic E-state index is 12.8. The number of nitrogens with zero attached hydrogens (tertiary/aromatic N) is 2. The molecule has 23 heavy (non-hydrogen) atoms. The van der Waals surface area contributed by atoms with E-state index < -0.39 is 0 Å². The van der Waals surface area contributed by atoms with E-state index in [1.165, 1.54) is 19.3 Å². The molecule has 0 aliphatic heterocycles. The van der Waals surface area contributed by atoms with Gasteiger partial charge in [-0.2, -0.15) is 0 Å². The van der Waals surface area contributed by atoms with Gasteiger partial charge in [0.25, 0.3) is 0 Å². The highest BCUT2D eigenvalue weighted by molar-refractivity contribution is 5.89. The van der Waals surface area contributed by atoms with Gasteiger partial charge in [-0.1, -0.05) is 43.5 Å². The second-order valence-corrected chi connectivity index (χ2v) is 6.04. The van der Waals surface area contributed by atoms with E-state index in [0.717, 1.165) is 24.2 Å². The number of pyridine rings is 1. The number of benzene rings is 1. The number of carbonyl (C=O) groups excluding carboxylic acids is 1. The SMILES string of the molecule is O=C(Nc1ccccc1)N(Cc1ccccn1)C1CCCCC1. The summed E-state index contributed by atoms with van der Waals surface area (Å²) in [7, 11) is 0. The Balaban J connectivity index is 1.74. The molecule has 0 unspecified atom stereocenters. The van der Waals surface area contributed by atoms with Gasteiger partial charge in [0, 0.05) is 17.9 Å². The molecule has 1 heterocycles. The highest BCUT2D eigenvalue weighted by Crippen LogP contribution is 2.24. The normalized spacial score (nSPS) is 15.1. The van der Waals surface area contributed by atoms with Crippen LogP contribution in [0.15, 0.2) is 54.7 Å². The number of anilines is 1. The van der Waals surface area contributed by atoms with Crippen molar-refractivity contribution in [2.75, 3.05) is 5.32 Å². The summed E-state index contributed by atoms with van der Waals surface area (Å²) in [5.74, 6) is 0. The molecule has 0 spiro atoms. The minimum Gasteiger partial charge on any atom is -0.316 e. The third kappa shape index (κ3) is 4.31. The number of urea groups is 1. The second-order valence-electron chi connectivity index (χ2n) is 6.04. The Labute approximate surface area is 137 Å². The van der Waals surface area contributed by atoms with Crippen molar-refractivity contribution in [3.05, 3.63) is 60.4 Å². The van der Waals surface area contributed by atoms with E-state index in [1.54, 1.807) is 6.20 Å². The van der Waals surface area contributed by atoms with Crippen molar-refractivity contribution in [3.8, 4) is 0 Å². The van der Waals surface area contributed by atoms with E-state index in [0.29, 0.717) is 12.6 Å². The number of rotatable bonds is 4. The molecule has 1 saturated carbocycles. The highest BCUT2D eigenvalue weighted by Gasteiger charge is 2.26. The summed E-state index contributed by atoms with van der Waals surface area (Å²) in [5.41, 5.74) is 1.76. The molecule has 1 aromatic heterocycles. The van der Waals surface area contributed by atoms with Crippen LogP contribution in [-0.4, -0.2) is 22.0 Å². The standard InChI is InChI=1S/C19H23N3O/c23-19(21-16-9-3-1-4-10-16)22(18-12-5-2-6-13-18)15-17-11-7-8-14-20-17/h1,3-4,7-11,14,18H,2,5-6,12-13,15H2,(H,21,23). The van der Waals surface area contributed by atoms with Gasteiger partial charge in [-0.3, -0.25) is 4.98 Å². The monoisotopic (exact) mass is 309 g/mol. The molecule has 1 aliphatic carbocycles. The first kappa shape index (κ1) is 15.5. The zero-order chi connectivity index (χ0) is 15.9. The number of amides is 2. The average molecular weight is 309 g/mol. The molecule has 1 aromatic carbocycles. The van der Waals surface area contributed by atoms with E-state index in [9.17, 15) is 4.79 Å².